The molecule has 2 aromatic carbocycles. The van der Waals surface area contributed by atoms with Crippen LogP contribution in [-0.2, 0) is 9.53 Å². The van der Waals surface area contributed by atoms with Gasteiger partial charge in [-0.25, -0.2) is 9.79 Å². The van der Waals surface area contributed by atoms with E-state index in [0.29, 0.717) is 22.6 Å². The minimum atomic E-state index is -0.656. The van der Waals surface area contributed by atoms with Crippen LogP contribution in [0.4, 0.5) is 5.69 Å². The van der Waals surface area contributed by atoms with Crippen molar-refractivity contribution in [2.24, 2.45) is 4.99 Å². The molecule has 0 saturated carbocycles. The molecule has 26 heavy (non-hydrogen) atoms. The summed E-state index contributed by atoms with van der Waals surface area (Å²) in [5.41, 5.74) is 0.864. The number of cyclic esters (lactones) is 1. The maximum atomic E-state index is 12.1. The van der Waals surface area contributed by atoms with Gasteiger partial charge in [0.2, 0.25) is 5.90 Å². The molecule has 0 aliphatic carbocycles. The third kappa shape index (κ3) is 3.25. The van der Waals surface area contributed by atoms with Crippen molar-refractivity contribution in [2.75, 3.05) is 14.2 Å². The van der Waals surface area contributed by atoms with E-state index in [-0.39, 0.29) is 17.3 Å². The second kappa shape index (κ2) is 7.06. The fourth-order valence-electron chi connectivity index (χ4n) is 2.46. The number of esters is 1. The molecule has 0 atom stereocenters. The highest BCUT2D eigenvalue weighted by Crippen LogP contribution is 2.33. The van der Waals surface area contributed by atoms with E-state index in [1.165, 1.54) is 38.5 Å². The molecule has 0 bridgehead atoms. The molecule has 0 unspecified atom stereocenters. The monoisotopic (exact) mass is 354 g/mol. The third-order valence-electron chi connectivity index (χ3n) is 3.65. The Hall–Kier alpha value is -3.68. The summed E-state index contributed by atoms with van der Waals surface area (Å²) in [7, 11) is 3.00. The van der Waals surface area contributed by atoms with Crippen LogP contribution in [0.1, 0.15) is 11.1 Å². The summed E-state index contributed by atoms with van der Waals surface area (Å²) in [6, 6.07) is 10.9. The zero-order valence-corrected chi connectivity index (χ0v) is 14.0. The van der Waals surface area contributed by atoms with E-state index in [2.05, 4.69) is 4.99 Å². The van der Waals surface area contributed by atoms with Gasteiger partial charge in [0.1, 0.15) is 0 Å². The fraction of sp³-hybridized carbons (Fsp3) is 0.111. The normalized spacial score (nSPS) is 14.8. The zero-order chi connectivity index (χ0) is 18.7. The largest absolute Gasteiger partial charge is 0.493 e. The molecule has 3 rings (SSSR count). The van der Waals surface area contributed by atoms with E-state index in [1.807, 2.05) is 0 Å². The molecule has 0 fully saturated rings. The molecule has 132 valence electrons. The lowest BCUT2D eigenvalue weighted by atomic mass is 10.1. The highest BCUT2D eigenvalue weighted by atomic mass is 16.6. The van der Waals surface area contributed by atoms with Gasteiger partial charge in [0.05, 0.1) is 19.1 Å². The van der Waals surface area contributed by atoms with Gasteiger partial charge in [-0.2, -0.15) is 0 Å². The van der Waals surface area contributed by atoms with Gasteiger partial charge in [-0.05, 0) is 18.2 Å². The van der Waals surface area contributed by atoms with Crippen LogP contribution in [0.2, 0.25) is 0 Å². The summed E-state index contributed by atoms with van der Waals surface area (Å²) in [6.07, 6.45) is 1.51. The van der Waals surface area contributed by atoms with Crippen LogP contribution < -0.4 is 9.47 Å². The summed E-state index contributed by atoms with van der Waals surface area (Å²) in [4.78, 5) is 26.6. The minimum Gasteiger partial charge on any atom is -0.493 e. The zero-order valence-electron chi connectivity index (χ0n) is 14.0. The van der Waals surface area contributed by atoms with Crippen LogP contribution in [-0.4, -0.2) is 31.0 Å². The van der Waals surface area contributed by atoms with Gasteiger partial charge in [-0.3, -0.25) is 10.1 Å². The molecule has 0 aromatic heterocycles. The molecule has 1 aliphatic rings. The highest BCUT2D eigenvalue weighted by Gasteiger charge is 2.25. The first-order valence-electron chi connectivity index (χ1n) is 7.52. The molecule has 1 aliphatic heterocycles. The van der Waals surface area contributed by atoms with E-state index in [0.717, 1.165) is 0 Å². The predicted octanol–water partition coefficient (Wildman–Crippen LogP) is 2.96. The molecule has 0 N–H and O–H groups in total. The Kier molecular flexibility index (Phi) is 4.66. The topological polar surface area (TPSA) is 100 Å². The van der Waals surface area contributed by atoms with Crippen molar-refractivity contribution in [3.8, 4) is 11.5 Å². The second-order valence-electron chi connectivity index (χ2n) is 5.23. The van der Waals surface area contributed by atoms with Crippen molar-refractivity contribution in [3.63, 3.8) is 0 Å². The number of nitro groups is 1. The van der Waals surface area contributed by atoms with Crippen molar-refractivity contribution in [1.29, 1.82) is 0 Å². The highest BCUT2D eigenvalue weighted by molar-refractivity contribution is 6.13. The Morgan fingerprint density at radius 1 is 1.15 bits per heavy atom. The predicted molar refractivity (Wildman–Crippen MR) is 93.2 cm³/mol. The lowest BCUT2D eigenvalue weighted by Crippen LogP contribution is -2.05. The Bertz CT molecular complexity index is 948. The standard InChI is InChI=1S/C18H14N2O6/c1-24-15-8-4-5-11(16(15)25-2)10-14-18(21)26-17(19-14)12-6-3-7-13(9-12)20(22)23/h3-10H,1-2H3. The number of non-ortho nitro benzene ring substituents is 1. The summed E-state index contributed by atoms with van der Waals surface area (Å²) >= 11 is 0. The third-order valence-corrected chi connectivity index (χ3v) is 3.65. The number of ether oxygens (including phenoxy) is 3. The van der Waals surface area contributed by atoms with Crippen LogP contribution in [0.15, 0.2) is 53.2 Å². The number of benzene rings is 2. The van der Waals surface area contributed by atoms with E-state index in [9.17, 15) is 14.9 Å². The van der Waals surface area contributed by atoms with Crippen LogP contribution in [0.3, 0.4) is 0 Å². The summed E-state index contributed by atoms with van der Waals surface area (Å²) in [6.45, 7) is 0. The van der Waals surface area contributed by atoms with Crippen molar-refractivity contribution in [3.05, 3.63) is 69.4 Å². The quantitative estimate of drug-likeness (QED) is 0.354. The molecule has 0 spiro atoms. The number of carbonyl (C=O) groups excluding carboxylic acids is 1. The molecule has 0 amide bonds. The van der Waals surface area contributed by atoms with Crippen molar-refractivity contribution < 1.29 is 23.9 Å². The summed E-state index contributed by atoms with van der Waals surface area (Å²) < 4.78 is 15.7. The number of carbonyl (C=O) groups is 1. The van der Waals surface area contributed by atoms with E-state index in [4.69, 9.17) is 14.2 Å². The van der Waals surface area contributed by atoms with Gasteiger partial charge in [0, 0.05) is 23.3 Å². The van der Waals surface area contributed by atoms with E-state index < -0.39 is 10.9 Å². The van der Waals surface area contributed by atoms with Crippen molar-refractivity contribution >= 4 is 23.6 Å². The summed E-state index contributed by atoms with van der Waals surface area (Å²) in [5, 5.41) is 10.9. The SMILES string of the molecule is COc1cccc(C=C2N=C(c3cccc([N+](=O)[O-])c3)OC2=O)c1OC. The van der Waals surface area contributed by atoms with Gasteiger partial charge in [0.25, 0.3) is 5.69 Å². The number of para-hydroxylation sites is 1. The molecule has 0 radical (unpaired) electrons. The van der Waals surface area contributed by atoms with Crippen molar-refractivity contribution in [2.45, 2.75) is 0 Å². The van der Waals surface area contributed by atoms with Crippen LogP contribution in [0.5, 0.6) is 11.5 Å². The molecule has 8 nitrogen and oxygen atoms in total. The first kappa shape index (κ1) is 17.2. The average molecular weight is 354 g/mol. The summed E-state index contributed by atoms with van der Waals surface area (Å²) in [5.74, 6) is 0.314. The molecule has 8 heteroatoms. The number of methoxy groups -OCH3 is 2. The lowest BCUT2D eigenvalue weighted by Gasteiger charge is -2.09. The Balaban J connectivity index is 2.00. The molecule has 1 heterocycles. The minimum absolute atomic E-state index is 0.00631. The molecular weight excluding hydrogens is 340 g/mol. The fourth-order valence-corrected chi connectivity index (χ4v) is 2.46. The van der Waals surface area contributed by atoms with Crippen LogP contribution in [0.25, 0.3) is 6.08 Å². The van der Waals surface area contributed by atoms with Gasteiger partial charge < -0.3 is 14.2 Å². The first-order valence-corrected chi connectivity index (χ1v) is 7.52. The second-order valence-corrected chi connectivity index (χ2v) is 5.23. The average Bonchev–Trinajstić information content (AvgIpc) is 3.02. The van der Waals surface area contributed by atoms with Gasteiger partial charge in [-0.15, -0.1) is 0 Å². The van der Waals surface area contributed by atoms with Crippen molar-refractivity contribution in [1.82, 2.24) is 0 Å². The van der Waals surface area contributed by atoms with Crippen LogP contribution in [0, 0.1) is 10.1 Å². The van der Waals surface area contributed by atoms with E-state index in [1.54, 1.807) is 24.3 Å². The maximum Gasteiger partial charge on any atom is 0.363 e. The lowest BCUT2D eigenvalue weighted by molar-refractivity contribution is -0.384. The van der Waals surface area contributed by atoms with Gasteiger partial charge >= 0.3 is 5.97 Å². The number of hydrogen-bond acceptors (Lipinski definition) is 7. The molecule has 2 aromatic rings. The van der Waals surface area contributed by atoms with Gasteiger partial charge in [-0.1, -0.05) is 18.2 Å². The smallest absolute Gasteiger partial charge is 0.363 e. The number of hydrogen-bond donors (Lipinski definition) is 0. The Morgan fingerprint density at radius 2 is 1.92 bits per heavy atom. The van der Waals surface area contributed by atoms with Gasteiger partial charge in [0.15, 0.2) is 17.2 Å². The number of nitro benzene ring substituents is 1. The van der Waals surface area contributed by atoms with Crippen LogP contribution >= 0.6 is 0 Å². The molecule has 0 saturated heterocycles. The number of nitrogens with zero attached hydrogens (tertiary/aromatic N) is 2. The number of rotatable bonds is 5. The Labute approximate surface area is 148 Å². The first-order chi connectivity index (χ1) is 12.5. The number of aliphatic imine (C=N–C) groups is 1. The molecular formula is C18H14N2O6. The maximum absolute atomic E-state index is 12.1. The Morgan fingerprint density at radius 3 is 2.62 bits per heavy atom. The van der Waals surface area contributed by atoms with E-state index >= 15 is 0 Å².